The van der Waals surface area contributed by atoms with Crippen LogP contribution in [0.1, 0.15) is 50.9 Å². The fourth-order valence-corrected chi connectivity index (χ4v) is 3.51. The Balaban J connectivity index is 2.03. The Hall–Kier alpha value is -2.57. The molecular weight excluding hydrogens is 382 g/mol. The summed E-state index contributed by atoms with van der Waals surface area (Å²) in [5.41, 5.74) is 0.590. The van der Waals surface area contributed by atoms with Gasteiger partial charge in [0.2, 0.25) is 11.8 Å². The first kappa shape index (κ1) is 23.7. The zero-order valence-corrected chi connectivity index (χ0v) is 18.7. The summed E-state index contributed by atoms with van der Waals surface area (Å²) >= 11 is 0. The smallest absolute Gasteiger partial charge is 0.253 e. The molecule has 1 atom stereocenters. The lowest BCUT2D eigenvalue weighted by molar-refractivity contribution is -0.132. The van der Waals surface area contributed by atoms with Gasteiger partial charge in [-0.3, -0.25) is 14.4 Å². The van der Waals surface area contributed by atoms with Crippen molar-refractivity contribution < 1.29 is 19.1 Å². The fraction of sp³-hybridized carbons (Fsp3) is 0.609. The first-order valence-electron chi connectivity index (χ1n) is 10.7. The van der Waals surface area contributed by atoms with Gasteiger partial charge in [0.25, 0.3) is 5.91 Å². The van der Waals surface area contributed by atoms with Gasteiger partial charge >= 0.3 is 0 Å². The standard InChI is InChI=1S/C23H35N3O4/c1-15(2)14-24-22(28)20(25-21(27)16(3)4)17-9-11-26(12-10-17)23(29)18-7-6-8-19(13-18)30-5/h6-8,13,15-17,20H,9-12,14H2,1-5H3,(H,24,28)(H,25,27)/t20-/m1/s1. The average molecular weight is 418 g/mol. The molecule has 0 spiro atoms. The molecule has 2 rings (SSSR count). The Kier molecular flexibility index (Phi) is 8.69. The molecule has 0 unspecified atom stereocenters. The number of rotatable bonds is 8. The molecule has 166 valence electrons. The number of piperidine rings is 1. The maximum absolute atomic E-state index is 12.8. The SMILES string of the molecule is COc1cccc(C(=O)N2CCC([C@@H](NC(=O)C(C)C)C(=O)NCC(C)C)CC2)c1. The molecule has 0 aromatic heterocycles. The minimum absolute atomic E-state index is 0.00535. The highest BCUT2D eigenvalue weighted by Gasteiger charge is 2.34. The second-order valence-corrected chi connectivity index (χ2v) is 8.64. The first-order chi connectivity index (χ1) is 14.2. The van der Waals surface area contributed by atoms with Gasteiger partial charge in [-0.15, -0.1) is 0 Å². The number of nitrogens with zero attached hydrogens (tertiary/aromatic N) is 1. The molecule has 0 radical (unpaired) electrons. The van der Waals surface area contributed by atoms with Crippen LogP contribution in [0.2, 0.25) is 0 Å². The second-order valence-electron chi connectivity index (χ2n) is 8.64. The number of amides is 3. The zero-order valence-electron chi connectivity index (χ0n) is 18.7. The van der Waals surface area contributed by atoms with Gasteiger partial charge in [-0.05, 0) is 42.9 Å². The van der Waals surface area contributed by atoms with E-state index in [1.807, 2.05) is 27.7 Å². The van der Waals surface area contributed by atoms with Crippen molar-refractivity contribution in [3.05, 3.63) is 29.8 Å². The lowest BCUT2D eigenvalue weighted by atomic mass is 9.88. The van der Waals surface area contributed by atoms with E-state index in [2.05, 4.69) is 10.6 Å². The molecule has 0 aliphatic carbocycles. The van der Waals surface area contributed by atoms with Gasteiger partial charge in [-0.25, -0.2) is 0 Å². The van der Waals surface area contributed by atoms with Crippen molar-refractivity contribution in [3.63, 3.8) is 0 Å². The van der Waals surface area contributed by atoms with Crippen LogP contribution in [-0.4, -0.2) is 55.4 Å². The summed E-state index contributed by atoms with van der Waals surface area (Å²) in [6.45, 7) is 9.36. The summed E-state index contributed by atoms with van der Waals surface area (Å²) in [5, 5.41) is 5.88. The van der Waals surface area contributed by atoms with Gasteiger partial charge < -0.3 is 20.3 Å². The van der Waals surface area contributed by atoms with Crippen LogP contribution in [0.25, 0.3) is 0 Å². The highest BCUT2D eigenvalue weighted by molar-refractivity contribution is 5.94. The number of carbonyl (C=O) groups excluding carboxylic acids is 3. The molecule has 1 aliphatic heterocycles. The van der Waals surface area contributed by atoms with E-state index in [1.165, 1.54) is 0 Å². The van der Waals surface area contributed by atoms with E-state index in [0.29, 0.717) is 49.7 Å². The first-order valence-corrected chi connectivity index (χ1v) is 10.7. The molecule has 0 saturated carbocycles. The Morgan fingerprint density at radius 1 is 1.10 bits per heavy atom. The van der Waals surface area contributed by atoms with Gasteiger partial charge in [-0.1, -0.05) is 33.8 Å². The summed E-state index contributed by atoms with van der Waals surface area (Å²) in [7, 11) is 1.57. The van der Waals surface area contributed by atoms with Gasteiger partial charge in [0, 0.05) is 31.1 Å². The van der Waals surface area contributed by atoms with Crippen LogP contribution < -0.4 is 15.4 Å². The lowest BCUT2D eigenvalue weighted by Gasteiger charge is -2.36. The Labute approximate surface area is 179 Å². The number of likely N-dealkylation sites (tertiary alicyclic amines) is 1. The summed E-state index contributed by atoms with van der Waals surface area (Å²) < 4.78 is 5.21. The Morgan fingerprint density at radius 3 is 2.33 bits per heavy atom. The molecule has 7 nitrogen and oxygen atoms in total. The van der Waals surface area contributed by atoms with Crippen molar-refractivity contribution in [1.29, 1.82) is 0 Å². The van der Waals surface area contributed by atoms with Gasteiger partial charge in [-0.2, -0.15) is 0 Å². The number of nitrogens with one attached hydrogen (secondary N) is 2. The number of benzene rings is 1. The lowest BCUT2D eigenvalue weighted by Crippen LogP contribution is -2.54. The van der Waals surface area contributed by atoms with E-state index in [-0.39, 0.29) is 29.6 Å². The highest BCUT2D eigenvalue weighted by atomic mass is 16.5. The van der Waals surface area contributed by atoms with Crippen LogP contribution in [0.5, 0.6) is 5.75 Å². The minimum atomic E-state index is -0.576. The maximum atomic E-state index is 12.8. The van der Waals surface area contributed by atoms with Crippen molar-refractivity contribution >= 4 is 17.7 Å². The summed E-state index contributed by atoms with van der Waals surface area (Å²) in [4.78, 5) is 39.7. The number of carbonyl (C=O) groups is 3. The Bertz CT molecular complexity index is 740. The number of hydrogen-bond acceptors (Lipinski definition) is 4. The molecular formula is C23H35N3O4. The molecule has 0 bridgehead atoms. The predicted molar refractivity (Wildman–Crippen MR) is 116 cm³/mol. The van der Waals surface area contributed by atoms with Crippen LogP contribution >= 0.6 is 0 Å². The van der Waals surface area contributed by atoms with Crippen LogP contribution in [-0.2, 0) is 9.59 Å². The number of methoxy groups -OCH3 is 1. The van der Waals surface area contributed by atoms with Crippen molar-refractivity contribution in [3.8, 4) is 5.75 Å². The molecule has 1 aliphatic rings. The van der Waals surface area contributed by atoms with Crippen molar-refractivity contribution in [2.45, 2.75) is 46.6 Å². The minimum Gasteiger partial charge on any atom is -0.497 e. The van der Waals surface area contributed by atoms with E-state index >= 15 is 0 Å². The van der Waals surface area contributed by atoms with E-state index in [4.69, 9.17) is 4.74 Å². The largest absolute Gasteiger partial charge is 0.497 e. The normalized spacial score (nSPS) is 15.8. The molecule has 1 fully saturated rings. The summed E-state index contributed by atoms with van der Waals surface area (Å²) in [6, 6.07) is 6.55. The molecule has 2 N–H and O–H groups in total. The van der Waals surface area contributed by atoms with Gasteiger partial charge in [0.05, 0.1) is 7.11 Å². The topological polar surface area (TPSA) is 87.7 Å². The maximum Gasteiger partial charge on any atom is 0.253 e. The molecule has 30 heavy (non-hydrogen) atoms. The fourth-order valence-electron chi connectivity index (χ4n) is 3.51. The highest BCUT2D eigenvalue weighted by Crippen LogP contribution is 2.24. The third kappa shape index (κ3) is 6.47. The summed E-state index contributed by atoms with van der Waals surface area (Å²) in [5.74, 6) is 0.463. The monoisotopic (exact) mass is 417 g/mol. The van der Waals surface area contributed by atoms with E-state index in [9.17, 15) is 14.4 Å². The van der Waals surface area contributed by atoms with Crippen molar-refractivity contribution in [1.82, 2.24) is 15.5 Å². The van der Waals surface area contributed by atoms with E-state index < -0.39 is 6.04 Å². The van der Waals surface area contributed by atoms with E-state index in [1.54, 1.807) is 36.3 Å². The van der Waals surface area contributed by atoms with Crippen molar-refractivity contribution in [2.24, 2.45) is 17.8 Å². The van der Waals surface area contributed by atoms with Gasteiger partial charge in [0.15, 0.2) is 0 Å². The van der Waals surface area contributed by atoms with Crippen molar-refractivity contribution in [2.75, 3.05) is 26.7 Å². The molecule has 1 saturated heterocycles. The van der Waals surface area contributed by atoms with Crippen LogP contribution in [0.15, 0.2) is 24.3 Å². The molecule has 1 aromatic rings. The molecule has 7 heteroatoms. The van der Waals surface area contributed by atoms with Crippen LogP contribution in [0.3, 0.4) is 0 Å². The number of hydrogen-bond donors (Lipinski definition) is 2. The van der Waals surface area contributed by atoms with Crippen LogP contribution in [0, 0.1) is 17.8 Å². The number of ether oxygens (including phenoxy) is 1. The summed E-state index contributed by atoms with van der Waals surface area (Å²) in [6.07, 6.45) is 1.32. The Morgan fingerprint density at radius 2 is 1.77 bits per heavy atom. The van der Waals surface area contributed by atoms with Crippen LogP contribution in [0.4, 0.5) is 0 Å². The van der Waals surface area contributed by atoms with Gasteiger partial charge in [0.1, 0.15) is 11.8 Å². The third-order valence-electron chi connectivity index (χ3n) is 5.40. The average Bonchev–Trinajstić information content (AvgIpc) is 2.75. The third-order valence-corrected chi connectivity index (χ3v) is 5.40. The second kappa shape index (κ2) is 11.0. The molecule has 3 amide bonds. The quantitative estimate of drug-likeness (QED) is 0.680. The van der Waals surface area contributed by atoms with E-state index in [0.717, 1.165) is 0 Å². The predicted octanol–water partition coefficient (Wildman–Crippen LogP) is 2.46. The zero-order chi connectivity index (χ0) is 22.3. The molecule has 1 heterocycles. The molecule has 1 aromatic carbocycles.